The number of carbonyl (C=O) groups is 1. The standard InChI is InChI=1S/C26H24N4O3S2/c31-25(28-21-12-14-22(15-13-21)35(32,33)29-26-27-16-18-34-26)24(20-8-2-1-3-9-20)30-17-6-10-19-7-4-5-11-23(19)30/h1-5,7-9,11-16,18,24H,6,10,17H2,(H,27,29)(H,28,31). The Labute approximate surface area is 208 Å². The van der Waals surface area contributed by atoms with E-state index in [4.69, 9.17) is 0 Å². The van der Waals surface area contributed by atoms with Gasteiger partial charge >= 0.3 is 0 Å². The van der Waals surface area contributed by atoms with Crippen LogP contribution in [0.1, 0.15) is 23.6 Å². The molecular formula is C26H24N4O3S2. The number of carbonyl (C=O) groups excluding carboxylic acids is 1. The van der Waals surface area contributed by atoms with Crippen LogP contribution in [0.2, 0.25) is 0 Å². The molecule has 3 aromatic carbocycles. The molecule has 1 atom stereocenters. The molecule has 0 spiro atoms. The van der Waals surface area contributed by atoms with Gasteiger partial charge in [0.05, 0.1) is 4.90 Å². The van der Waals surface area contributed by atoms with Crippen molar-refractivity contribution in [2.45, 2.75) is 23.8 Å². The predicted molar refractivity (Wildman–Crippen MR) is 139 cm³/mol. The first kappa shape index (κ1) is 23.1. The Morgan fingerprint density at radius 1 is 0.971 bits per heavy atom. The van der Waals surface area contributed by atoms with Gasteiger partial charge in [-0.1, -0.05) is 48.5 Å². The van der Waals surface area contributed by atoms with E-state index in [1.807, 2.05) is 42.5 Å². The Balaban J connectivity index is 1.39. The Hall–Kier alpha value is -3.69. The lowest BCUT2D eigenvalue weighted by Gasteiger charge is -2.37. The third kappa shape index (κ3) is 5.06. The second-order valence-corrected chi connectivity index (χ2v) is 10.8. The molecule has 0 saturated carbocycles. The van der Waals surface area contributed by atoms with Crippen molar-refractivity contribution in [2.24, 2.45) is 0 Å². The van der Waals surface area contributed by atoms with E-state index in [2.05, 4.69) is 32.1 Å². The van der Waals surface area contributed by atoms with Crippen molar-refractivity contribution < 1.29 is 13.2 Å². The minimum absolute atomic E-state index is 0.0928. The molecule has 2 N–H and O–H groups in total. The lowest BCUT2D eigenvalue weighted by Crippen LogP contribution is -2.40. The molecule has 9 heteroatoms. The van der Waals surface area contributed by atoms with Crippen molar-refractivity contribution in [1.29, 1.82) is 0 Å². The number of thiazole rings is 1. The van der Waals surface area contributed by atoms with E-state index in [0.717, 1.165) is 30.6 Å². The summed E-state index contributed by atoms with van der Waals surface area (Å²) in [6, 6.07) is 23.5. The van der Waals surface area contributed by atoms with E-state index in [9.17, 15) is 13.2 Å². The van der Waals surface area contributed by atoms with Crippen LogP contribution in [0.3, 0.4) is 0 Å². The Kier molecular flexibility index (Phi) is 6.52. The van der Waals surface area contributed by atoms with Gasteiger partial charge in [0, 0.05) is 29.5 Å². The van der Waals surface area contributed by atoms with Crippen molar-refractivity contribution >= 4 is 43.8 Å². The van der Waals surface area contributed by atoms with E-state index in [0.29, 0.717) is 10.8 Å². The highest BCUT2D eigenvalue weighted by molar-refractivity contribution is 7.93. The van der Waals surface area contributed by atoms with Gasteiger partial charge in [0.15, 0.2) is 5.13 Å². The first-order valence-electron chi connectivity index (χ1n) is 11.2. The smallest absolute Gasteiger partial charge is 0.263 e. The van der Waals surface area contributed by atoms with Gasteiger partial charge in [-0.3, -0.25) is 9.52 Å². The number of hydrogen-bond donors (Lipinski definition) is 2. The van der Waals surface area contributed by atoms with Crippen molar-refractivity contribution in [3.8, 4) is 0 Å². The molecule has 1 aromatic heterocycles. The third-order valence-corrected chi connectivity index (χ3v) is 8.08. The summed E-state index contributed by atoms with van der Waals surface area (Å²) in [7, 11) is -3.76. The molecule has 178 valence electrons. The maximum absolute atomic E-state index is 13.6. The molecule has 7 nitrogen and oxygen atoms in total. The van der Waals surface area contributed by atoms with Crippen LogP contribution in [0.5, 0.6) is 0 Å². The van der Waals surface area contributed by atoms with Gasteiger partial charge in [0.2, 0.25) is 0 Å². The molecular weight excluding hydrogens is 480 g/mol. The summed E-state index contributed by atoms with van der Waals surface area (Å²) < 4.78 is 27.7. The number of fused-ring (bicyclic) bond motifs is 1. The van der Waals surface area contributed by atoms with Crippen LogP contribution >= 0.6 is 11.3 Å². The Morgan fingerprint density at radius 3 is 2.46 bits per heavy atom. The SMILES string of the molecule is O=C(Nc1ccc(S(=O)(=O)Nc2nccs2)cc1)C(c1ccccc1)N1CCCc2ccccc21. The molecule has 1 unspecified atom stereocenters. The topological polar surface area (TPSA) is 91.4 Å². The summed E-state index contributed by atoms with van der Waals surface area (Å²) in [5.41, 5.74) is 3.72. The van der Waals surface area contributed by atoms with Crippen LogP contribution in [0.4, 0.5) is 16.5 Å². The first-order chi connectivity index (χ1) is 17.0. The van der Waals surface area contributed by atoms with Gasteiger partial charge in [0.1, 0.15) is 6.04 Å². The summed E-state index contributed by atoms with van der Waals surface area (Å²) in [4.78, 5) is 19.8. The van der Waals surface area contributed by atoms with Gasteiger partial charge in [0.25, 0.3) is 15.9 Å². The van der Waals surface area contributed by atoms with Crippen LogP contribution in [0, 0.1) is 0 Å². The molecule has 0 aliphatic carbocycles. The van der Waals surface area contributed by atoms with E-state index in [1.54, 1.807) is 17.5 Å². The summed E-state index contributed by atoms with van der Waals surface area (Å²) in [6.45, 7) is 0.767. The van der Waals surface area contributed by atoms with Crippen molar-refractivity contribution in [3.05, 3.63) is 102 Å². The number of nitrogens with one attached hydrogen (secondary N) is 2. The van der Waals surface area contributed by atoms with Gasteiger partial charge in [-0.15, -0.1) is 11.3 Å². The van der Waals surface area contributed by atoms with Crippen LogP contribution in [-0.2, 0) is 21.2 Å². The van der Waals surface area contributed by atoms with Gasteiger partial charge in [-0.25, -0.2) is 13.4 Å². The van der Waals surface area contributed by atoms with E-state index >= 15 is 0 Å². The number of benzene rings is 3. The van der Waals surface area contributed by atoms with Crippen molar-refractivity contribution in [1.82, 2.24) is 4.98 Å². The molecule has 2 heterocycles. The van der Waals surface area contributed by atoms with Crippen LogP contribution in [0.15, 0.2) is 95.3 Å². The number of aromatic nitrogens is 1. The predicted octanol–water partition coefficient (Wildman–Crippen LogP) is 5.08. The lowest BCUT2D eigenvalue weighted by molar-refractivity contribution is -0.117. The van der Waals surface area contributed by atoms with Crippen molar-refractivity contribution in [3.63, 3.8) is 0 Å². The highest BCUT2D eigenvalue weighted by Gasteiger charge is 2.31. The number of rotatable bonds is 7. The molecule has 1 amide bonds. The van der Waals surface area contributed by atoms with Gasteiger partial charge in [-0.05, 0) is 54.3 Å². The van der Waals surface area contributed by atoms with Crippen LogP contribution in [-0.4, -0.2) is 25.9 Å². The lowest BCUT2D eigenvalue weighted by atomic mass is 9.96. The quantitative estimate of drug-likeness (QED) is 0.366. The summed E-state index contributed by atoms with van der Waals surface area (Å²) in [5, 5.41) is 4.98. The van der Waals surface area contributed by atoms with Gasteiger partial charge < -0.3 is 10.2 Å². The Bertz CT molecular complexity index is 1410. The minimum atomic E-state index is -3.76. The van der Waals surface area contributed by atoms with Crippen LogP contribution in [0.25, 0.3) is 0 Å². The zero-order valence-electron chi connectivity index (χ0n) is 18.8. The number of hydrogen-bond acceptors (Lipinski definition) is 6. The van der Waals surface area contributed by atoms with Gasteiger partial charge in [-0.2, -0.15) is 0 Å². The molecule has 1 aliphatic rings. The number of para-hydroxylation sites is 1. The number of amides is 1. The second kappa shape index (κ2) is 9.89. The summed E-state index contributed by atoms with van der Waals surface area (Å²) in [5.74, 6) is -0.176. The molecule has 0 bridgehead atoms. The maximum atomic E-state index is 13.6. The van der Waals surface area contributed by atoms with E-state index in [-0.39, 0.29) is 10.8 Å². The minimum Gasteiger partial charge on any atom is -0.356 e. The Morgan fingerprint density at radius 2 is 1.71 bits per heavy atom. The molecule has 35 heavy (non-hydrogen) atoms. The average Bonchev–Trinajstić information content (AvgIpc) is 3.38. The summed E-state index contributed by atoms with van der Waals surface area (Å²) >= 11 is 1.20. The molecule has 5 rings (SSSR count). The molecule has 0 fully saturated rings. The number of anilines is 3. The average molecular weight is 505 g/mol. The highest BCUT2D eigenvalue weighted by Crippen LogP contribution is 2.35. The zero-order valence-corrected chi connectivity index (χ0v) is 20.4. The molecule has 0 radical (unpaired) electrons. The normalized spacial score (nSPS) is 14.1. The zero-order chi connectivity index (χ0) is 24.3. The van der Waals surface area contributed by atoms with Crippen molar-refractivity contribution in [2.75, 3.05) is 21.5 Å². The molecule has 0 saturated heterocycles. The van der Waals surface area contributed by atoms with Crippen LogP contribution < -0.4 is 14.9 Å². The third-order valence-electron chi connectivity index (χ3n) is 5.91. The fourth-order valence-electron chi connectivity index (χ4n) is 4.31. The largest absolute Gasteiger partial charge is 0.356 e. The second-order valence-electron chi connectivity index (χ2n) is 8.20. The van der Waals surface area contributed by atoms with E-state index < -0.39 is 16.1 Å². The molecule has 1 aliphatic heterocycles. The number of nitrogens with zero attached hydrogens (tertiary/aromatic N) is 2. The number of aryl methyl sites for hydroxylation is 1. The first-order valence-corrected chi connectivity index (χ1v) is 13.6. The summed E-state index contributed by atoms with van der Waals surface area (Å²) in [6.07, 6.45) is 3.48. The molecule has 4 aromatic rings. The number of sulfonamides is 1. The monoisotopic (exact) mass is 504 g/mol. The maximum Gasteiger partial charge on any atom is 0.263 e. The highest BCUT2D eigenvalue weighted by atomic mass is 32.2. The fourth-order valence-corrected chi connectivity index (χ4v) is 6.10. The van der Waals surface area contributed by atoms with E-state index in [1.165, 1.54) is 35.2 Å². The fraction of sp³-hybridized carbons (Fsp3) is 0.154.